The molecule has 0 spiro atoms. The van der Waals surface area contributed by atoms with E-state index in [4.69, 9.17) is 4.74 Å². The van der Waals surface area contributed by atoms with Crippen LogP contribution in [0.25, 0.3) is 0 Å². The van der Waals surface area contributed by atoms with E-state index in [0.717, 1.165) is 56.3 Å². The summed E-state index contributed by atoms with van der Waals surface area (Å²) < 4.78 is 5.05. The molecule has 2 N–H and O–H groups in total. The summed E-state index contributed by atoms with van der Waals surface area (Å²) in [5.41, 5.74) is 0. The number of likely N-dealkylation sites (tertiary alicyclic amines) is 1. The number of carbonyl (C=O) groups is 5. The Balaban J connectivity index is 1.40. The second-order valence-corrected chi connectivity index (χ2v) is 8.15. The Morgan fingerprint density at radius 1 is 1.00 bits per heavy atom. The number of fused-ring (bicyclic) bond motifs is 1. The predicted molar refractivity (Wildman–Crippen MR) is 101 cm³/mol. The van der Waals surface area contributed by atoms with Gasteiger partial charge >= 0.3 is 12.0 Å². The van der Waals surface area contributed by atoms with E-state index in [2.05, 4.69) is 10.6 Å². The highest BCUT2D eigenvalue weighted by Gasteiger charge is 2.47. The molecular formula is C20H29N3O6. The van der Waals surface area contributed by atoms with Crippen molar-refractivity contribution < 1.29 is 28.7 Å². The van der Waals surface area contributed by atoms with Gasteiger partial charge in [0.2, 0.25) is 11.8 Å². The third kappa shape index (κ3) is 5.13. The lowest BCUT2D eigenvalue weighted by atomic mass is 9.81. The van der Waals surface area contributed by atoms with Crippen LogP contribution < -0.4 is 10.6 Å². The first-order valence-electron chi connectivity index (χ1n) is 10.5. The summed E-state index contributed by atoms with van der Waals surface area (Å²) in [6.07, 6.45) is 5.88. The van der Waals surface area contributed by atoms with E-state index >= 15 is 0 Å². The van der Waals surface area contributed by atoms with Gasteiger partial charge in [0.05, 0.1) is 18.3 Å². The summed E-state index contributed by atoms with van der Waals surface area (Å²) in [7, 11) is 0. The maximum Gasteiger partial charge on any atom is 0.321 e. The Kier molecular flexibility index (Phi) is 6.87. The van der Waals surface area contributed by atoms with Crippen LogP contribution in [0.2, 0.25) is 0 Å². The smallest absolute Gasteiger partial charge is 0.321 e. The van der Waals surface area contributed by atoms with Crippen molar-refractivity contribution in [3.8, 4) is 0 Å². The van der Waals surface area contributed by atoms with E-state index in [-0.39, 0.29) is 42.7 Å². The highest BCUT2D eigenvalue weighted by atomic mass is 16.5. The number of nitrogens with zero attached hydrogens (tertiary/aromatic N) is 1. The van der Waals surface area contributed by atoms with Crippen LogP contribution in [0.3, 0.4) is 0 Å². The molecule has 3 rings (SSSR count). The normalized spacial score (nSPS) is 25.5. The molecule has 0 aromatic carbocycles. The van der Waals surface area contributed by atoms with Gasteiger partial charge in [-0.05, 0) is 32.6 Å². The van der Waals surface area contributed by atoms with Gasteiger partial charge < -0.3 is 10.1 Å². The van der Waals surface area contributed by atoms with Crippen molar-refractivity contribution in [2.45, 2.75) is 76.9 Å². The number of nitrogens with one attached hydrogen (secondary N) is 2. The zero-order valence-corrected chi connectivity index (χ0v) is 16.8. The van der Waals surface area contributed by atoms with Crippen molar-refractivity contribution in [1.29, 1.82) is 0 Å². The lowest BCUT2D eigenvalue weighted by molar-refractivity contribution is -0.155. The van der Waals surface area contributed by atoms with Gasteiger partial charge in [-0.1, -0.05) is 25.7 Å². The average Bonchev–Trinajstić information content (AvgIpc) is 3.27. The first kappa shape index (κ1) is 21.3. The van der Waals surface area contributed by atoms with E-state index in [0.29, 0.717) is 0 Å². The standard InChI is InChI=1S/C20H29N3O6/c1-12(17(25)22-20(28)21-13-6-2-3-7-13)29-16(24)10-11-23-18(26)14-8-4-5-9-15(14)19(23)27/h12-15H,2-11H2,1H3,(H2,21,22,25,28)/t12-,14-,15-/m0/s1. The molecular weight excluding hydrogens is 378 g/mol. The number of imide groups is 2. The maximum absolute atomic E-state index is 12.4. The van der Waals surface area contributed by atoms with Crippen molar-refractivity contribution in [3.05, 3.63) is 0 Å². The summed E-state index contributed by atoms with van der Waals surface area (Å²) in [5, 5.41) is 4.89. The van der Waals surface area contributed by atoms with Crippen molar-refractivity contribution in [1.82, 2.24) is 15.5 Å². The third-order valence-corrected chi connectivity index (χ3v) is 6.08. The maximum atomic E-state index is 12.4. The molecule has 29 heavy (non-hydrogen) atoms. The van der Waals surface area contributed by atoms with Gasteiger partial charge in [-0.25, -0.2) is 4.79 Å². The van der Waals surface area contributed by atoms with E-state index in [1.165, 1.54) is 6.92 Å². The summed E-state index contributed by atoms with van der Waals surface area (Å²) in [6.45, 7) is 1.33. The Bertz CT molecular complexity index is 664. The van der Waals surface area contributed by atoms with Gasteiger partial charge in [0, 0.05) is 12.6 Å². The molecule has 2 aliphatic carbocycles. The molecule has 2 saturated carbocycles. The van der Waals surface area contributed by atoms with Gasteiger partial charge in [0.1, 0.15) is 0 Å². The molecule has 3 atom stereocenters. The number of ether oxygens (including phenoxy) is 1. The first-order chi connectivity index (χ1) is 13.9. The second kappa shape index (κ2) is 9.37. The molecule has 5 amide bonds. The SMILES string of the molecule is C[C@H](OC(=O)CCN1C(=O)[C@H]2CCCC[C@@H]2C1=O)C(=O)NC(=O)NC1CCCC1. The number of carbonyl (C=O) groups excluding carboxylic acids is 5. The highest BCUT2D eigenvalue weighted by Crippen LogP contribution is 2.37. The molecule has 3 fully saturated rings. The van der Waals surface area contributed by atoms with E-state index in [1.807, 2.05) is 0 Å². The molecule has 9 nitrogen and oxygen atoms in total. The van der Waals surface area contributed by atoms with Crippen LogP contribution in [-0.2, 0) is 23.9 Å². The molecule has 0 unspecified atom stereocenters. The molecule has 1 heterocycles. The Morgan fingerprint density at radius 3 is 2.14 bits per heavy atom. The molecule has 160 valence electrons. The first-order valence-corrected chi connectivity index (χ1v) is 10.5. The lowest BCUT2D eigenvalue weighted by Gasteiger charge is -2.19. The Labute approximate surface area is 169 Å². The van der Waals surface area contributed by atoms with Gasteiger partial charge in [0.15, 0.2) is 6.10 Å². The largest absolute Gasteiger partial charge is 0.452 e. The quantitative estimate of drug-likeness (QED) is 0.505. The topological polar surface area (TPSA) is 122 Å². The minimum atomic E-state index is -1.15. The van der Waals surface area contributed by atoms with Gasteiger partial charge in [-0.2, -0.15) is 0 Å². The minimum Gasteiger partial charge on any atom is -0.452 e. The number of amides is 5. The van der Waals surface area contributed by atoms with Crippen LogP contribution in [0.5, 0.6) is 0 Å². The summed E-state index contributed by atoms with van der Waals surface area (Å²) in [5.74, 6) is -2.33. The molecule has 9 heteroatoms. The Hall–Kier alpha value is -2.45. The fourth-order valence-corrected chi connectivity index (χ4v) is 4.47. The number of hydrogen-bond donors (Lipinski definition) is 2. The average molecular weight is 407 g/mol. The van der Waals surface area contributed by atoms with Crippen LogP contribution in [-0.4, -0.2) is 53.3 Å². The number of rotatable bonds is 6. The Morgan fingerprint density at radius 2 is 1.55 bits per heavy atom. The molecule has 1 saturated heterocycles. The molecule has 0 radical (unpaired) electrons. The van der Waals surface area contributed by atoms with Gasteiger partial charge in [-0.3, -0.25) is 29.4 Å². The van der Waals surface area contributed by atoms with Gasteiger partial charge in [-0.15, -0.1) is 0 Å². The summed E-state index contributed by atoms with van der Waals surface area (Å²) >= 11 is 0. The fraction of sp³-hybridized carbons (Fsp3) is 0.750. The van der Waals surface area contributed by atoms with Crippen molar-refractivity contribution in [2.75, 3.05) is 6.54 Å². The molecule has 3 aliphatic rings. The zero-order chi connectivity index (χ0) is 21.0. The molecule has 0 aromatic heterocycles. The molecule has 1 aliphatic heterocycles. The predicted octanol–water partition coefficient (Wildman–Crippen LogP) is 1.25. The summed E-state index contributed by atoms with van der Waals surface area (Å²) in [4.78, 5) is 61.9. The van der Waals surface area contributed by atoms with Crippen LogP contribution in [0.15, 0.2) is 0 Å². The fourth-order valence-electron chi connectivity index (χ4n) is 4.47. The van der Waals surface area contributed by atoms with Crippen molar-refractivity contribution in [3.63, 3.8) is 0 Å². The van der Waals surface area contributed by atoms with Gasteiger partial charge in [0.25, 0.3) is 5.91 Å². The van der Waals surface area contributed by atoms with E-state index in [9.17, 15) is 24.0 Å². The van der Waals surface area contributed by atoms with Crippen molar-refractivity contribution in [2.24, 2.45) is 11.8 Å². The van der Waals surface area contributed by atoms with Crippen molar-refractivity contribution >= 4 is 29.7 Å². The number of urea groups is 1. The van der Waals surface area contributed by atoms with Crippen LogP contribution >= 0.6 is 0 Å². The number of hydrogen-bond acceptors (Lipinski definition) is 6. The number of esters is 1. The zero-order valence-electron chi connectivity index (χ0n) is 16.8. The van der Waals surface area contributed by atoms with E-state index < -0.39 is 24.0 Å². The third-order valence-electron chi connectivity index (χ3n) is 6.08. The minimum absolute atomic E-state index is 0.0417. The lowest BCUT2D eigenvalue weighted by Crippen LogP contribution is -2.47. The highest BCUT2D eigenvalue weighted by molar-refractivity contribution is 6.05. The molecule has 0 aromatic rings. The molecule has 0 bridgehead atoms. The second-order valence-electron chi connectivity index (χ2n) is 8.15. The van der Waals surface area contributed by atoms with E-state index in [1.54, 1.807) is 0 Å². The van der Waals surface area contributed by atoms with Crippen LogP contribution in [0.1, 0.15) is 64.7 Å². The monoisotopic (exact) mass is 407 g/mol. The van der Waals surface area contributed by atoms with Crippen LogP contribution in [0.4, 0.5) is 4.79 Å². The summed E-state index contributed by atoms with van der Waals surface area (Å²) in [6, 6.07) is -0.527. The van der Waals surface area contributed by atoms with Crippen LogP contribution in [0, 0.1) is 11.8 Å².